The Labute approximate surface area is 393 Å². The maximum Gasteiger partial charge on any atom is 0.165 e. The van der Waals surface area contributed by atoms with Gasteiger partial charge in [-0.3, -0.25) is 9.59 Å². The Morgan fingerprint density at radius 2 is 1.77 bits per heavy atom. The molecule has 8 bridgehead atoms. The molecule has 0 unspecified atom stereocenters. The van der Waals surface area contributed by atoms with Crippen LogP contribution < -0.4 is 16.2 Å². The van der Waals surface area contributed by atoms with Gasteiger partial charge in [0.1, 0.15) is 5.75 Å². The Morgan fingerprint density at radius 1 is 0.954 bits per heavy atom. The molecule has 0 saturated heterocycles. The summed E-state index contributed by atoms with van der Waals surface area (Å²) in [6.07, 6.45) is 17.2. The number of carbonyl (C=O) groups excluding carboxylic acids is 2. The number of Topliss-reactive ketones (excluding diaryl/α,β-unsaturated/α-hetero) is 1. The first kappa shape index (κ1) is 48.5. The number of unbranched alkanes of at least 4 members (excludes halogenated alkanes) is 2. The lowest BCUT2D eigenvalue weighted by molar-refractivity contribution is -0.114. The van der Waals surface area contributed by atoms with E-state index >= 15 is 0 Å². The maximum absolute atomic E-state index is 14.2. The van der Waals surface area contributed by atoms with Crippen molar-refractivity contribution >= 4 is 33.2 Å². The highest BCUT2D eigenvalue weighted by molar-refractivity contribution is 8.76. The Hall–Kier alpha value is -4.44. The summed E-state index contributed by atoms with van der Waals surface area (Å²) in [4.78, 5) is 30.9. The molecule has 0 amide bonds. The van der Waals surface area contributed by atoms with Gasteiger partial charge < -0.3 is 36.5 Å². The van der Waals surface area contributed by atoms with E-state index in [4.69, 9.17) is 16.2 Å². The number of fused-ring (bicyclic) bond motifs is 9. The average molecular weight is 918 g/mol. The second kappa shape index (κ2) is 22.8. The molecule has 11 heteroatoms. The van der Waals surface area contributed by atoms with Crippen LogP contribution in [0.1, 0.15) is 158 Å². The molecule has 1 aliphatic heterocycles. The molecule has 346 valence electrons. The SMILES string of the molecule is CCCCC[C@H](CC[C@]12/C=C\C(=O)CCc3ccc(O)c(c3)OCCc3ccc(O)c(c3)[C@H]3CC(=O)c4cc[nH]c4CC#Cc4cc(C(N)N)c(cc43)CSSC[C@@H](CC1)C2)C[C@H](C)O. The fourth-order valence-corrected chi connectivity index (χ4v) is 12.7. The normalized spacial score (nSPS) is 22.1. The number of phenolic OH excluding ortho intramolecular Hbond substituents is 2. The molecule has 9 nitrogen and oxygen atoms in total. The molecule has 0 spiro atoms. The lowest BCUT2D eigenvalue weighted by Crippen LogP contribution is -2.22. The Balaban J connectivity index is 1.22. The first-order chi connectivity index (χ1) is 31.4. The third kappa shape index (κ3) is 12.9. The topological polar surface area (TPSA) is 172 Å². The van der Waals surface area contributed by atoms with Crippen molar-refractivity contribution in [1.29, 1.82) is 0 Å². The third-order valence-electron chi connectivity index (χ3n) is 13.8. The smallest absolute Gasteiger partial charge is 0.165 e. The van der Waals surface area contributed by atoms with Crippen LogP contribution in [0.3, 0.4) is 0 Å². The van der Waals surface area contributed by atoms with Crippen molar-refractivity contribution in [2.45, 2.75) is 134 Å². The van der Waals surface area contributed by atoms with Crippen LogP contribution in [0.5, 0.6) is 17.2 Å². The van der Waals surface area contributed by atoms with Crippen LogP contribution in [0.4, 0.5) is 0 Å². The number of aryl methyl sites for hydroxylation is 1. The number of rotatable bonds is 10. The van der Waals surface area contributed by atoms with E-state index in [0.717, 1.165) is 89.8 Å². The van der Waals surface area contributed by atoms with Gasteiger partial charge in [0.2, 0.25) is 0 Å². The predicted octanol–water partition coefficient (Wildman–Crippen LogP) is 10.8. The summed E-state index contributed by atoms with van der Waals surface area (Å²) in [7, 11) is 3.63. The maximum atomic E-state index is 14.2. The number of ether oxygens (including phenoxy) is 1. The molecule has 8 N–H and O–H groups in total. The Kier molecular flexibility index (Phi) is 17.0. The second-order valence-corrected chi connectivity index (χ2v) is 21.3. The highest BCUT2D eigenvalue weighted by atomic mass is 33.1. The van der Waals surface area contributed by atoms with Gasteiger partial charge in [-0.2, -0.15) is 0 Å². The van der Waals surface area contributed by atoms with Gasteiger partial charge in [-0.25, -0.2) is 0 Å². The van der Waals surface area contributed by atoms with E-state index in [0.29, 0.717) is 60.1 Å². The lowest BCUT2D eigenvalue weighted by atomic mass is 9.76. The lowest BCUT2D eigenvalue weighted by Gasteiger charge is -2.29. The zero-order valence-corrected chi connectivity index (χ0v) is 39.7. The summed E-state index contributed by atoms with van der Waals surface area (Å²) in [6.45, 7) is 4.37. The number of aliphatic hydroxyl groups is 1. The molecule has 2 heterocycles. The number of H-pyrrole nitrogens is 1. The van der Waals surface area contributed by atoms with Gasteiger partial charge in [0.25, 0.3) is 0 Å². The largest absolute Gasteiger partial charge is 0.508 e. The molecular weight excluding hydrogens is 851 g/mol. The predicted molar refractivity (Wildman–Crippen MR) is 264 cm³/mol. The van der Waals surface area contributed by atoms with Crippen molar-refractivity contribution in [3.63, 3.8) is 0 Å². The Bertz CT molecular complexity index is 2380. The fraction of sp³-hybridized carbons (Fsp3) is 0.481. The molecule has 5 atom stereocenters. The quantitative estimate of drug-likeness (QED) is 0.0389. The second-order valence-electron chi connectivity index (χ2n) is 18.8. The number of aromatic hydroxyl groups is 2. The number of nitrogens with two attached hydrogens (primary N) is 2. The number of benzene rings is 3. The van der Waals surface area contributed by atoms with Crippen molar-refractivity contribution in [2.24, 2.45) is 28.7 Å². The van der Waals surface area contributed by atoms with Crippen LogP contribution in [0.25, 0.3) is 0 Å². The molecule has 2 aliphatic carbocycles. The number of nitrogens with one attached hydrogen (secondary N) is 1. The number of allylic oxidation sites excluding steroid dienone is 2. The summed E-state index contributed by atoms with van der Waals surface area (Å²) in [5.74, 6) is 9.19. The third-order valence-corrected chi connectivity index (χ3v) is 16.2. The van der Waals surface area contributed by atoms with Gasteiger partial charge in [-0.05, 0) is 133 Å². The fourth-order valence-electron chi connectivity index (χ4n) is 10.2. The van der Waals surface area contributed by atoms with Gasteiger partial charge in [0, 0.05) is 65.3 Å². The molecule has 0 radical (unpaired) electrons. The van der Waals surface area contributed by atoms with Crippen LogP contribution >= 0.6 is 21.6 Å². The van der Waals surface area contributed by atoms with Crippen LogP contribution in [-0.4, -0.2) is 50.3 Å². The highest BCUT2D eigenvalue weighted by Gasteiger charge is 2.37. The molecule has 7 rings (SSSR count). The molecule has 3 aliphatic rings. The summed E-state index contributed by atoms with van der Waals surface area (Å²) in [5.41, 5.74) is 20.0. The van der Waals surface area contributed by atoms with Gasteiger partial charge >= 0.3 is 0 Å². The number of carbonyl (C=O) groups is 2. The summed E-state index contributed by atoms with van der Waals surface area (Å²) in [6, 6.07) is 16.6. The minimum absolute atomic E-state index is 0.0237. The number of aliphatic hydroxyl groups excluding tert-OH is 1. The molecule has 1 fully saturated rings. The zero-order chi connectivity index (χ0) is 45.9. The molecule has 4 aromatic rings. The molecule has 1 aromatic heterocycles. The van der Waals surface area contributed by atoms with Crippen LogP contribution in [0.2, 0.25) is 0 Å². The first-order valence-electron chi connectivity index (χ1n) is 23.7. The summed E-state index contributed by atoms with van der Waals surface area (Å²) >= 11 is 0. The molecule has 1 saturated carbocycles. The van der Waals surface area contributed by atoms with Crippen molar-refractivity contribution in [1.82, 2.24) is 4.98 Å². The van der Waals surface area contributed by atoms with Gasteiger partial charge in [-0.15, -0.1) is 0 Å². The van der Waals surface area contributed by atoms with E-state index < -0.39 is 12.1 Å². The number of ketones is 2. The number of aromatic amines is 1. The molecular formula is C54H67N3O6S2. The van der Waals surface area contributed by atoms with Crippen molar-refractivity contribution in [3.05, 3.63) is 123 Å². The van der Waals surface area contributed by atoms with E-state index in [2.05, 4.69) is 35.9 Å². The summed E-state index contributed by atoms with van der Waals surface area (Å²) in [5, 5.41) is 32.8. The van der Waals surface area contributed by atoms with Crippen LogP contribution in [-0.2, 0) is 29.8 Å². The van der Waals surface area contributed by atoms with Crippen LogP contribution in [0, 0.1) is 29.1 Å². The number of aromatic nitrogens is 1. The van der Waals surface area contributed by atoms with E-state index in [1.165, 1.54) is 19.3 Å². The van der Waals surface area contributed by atoms with Gasteiger partial charge in [-0.1, -0.05) is 96.4 Å². The van der Waals surface area contributed by atoms with Crippen molar-refractivity contribution in [2.75, 3.05) is 12.4 Å². The zero-order valence-electron chi connectivity index (χ0n) is 38.1. The number of hydrogen-bond donors (Lipinski definition) is 6. The van der Waals surface area contributed by atoms with E-state index in [1.807, 2.05) is 60.2 Å². The monoisotopic (exact) mass is 917 g/mol. The van der Waals surface area contributed by atoms with E-state index in [1.54, 1.807) is 29.1 Å². The summed E-state index contributed by atoms with van der Waals surface area (Å²) < 4.78 is 6.17. The number of phenols is 2. The average Bonchev–Trinajstić information content (AvgIpc) is 3.93. The van der Waals surface area contributed by atoms with Crippen molar-refractivity contribution in [3.8, 4) is 29.1 Å². The minimum Gasteiger partial charge on any atom is -0.508 e. The number of hydrogen-bond acceptors (Lipinski definition) is 10. The van der Waals surface area contributed by atoms with E-state index in [9.17, 15) is 24.9 Å². The first-order valence-corrected chi connectivity index (χ1v) is 26.2. The minimum atomic E-state index is -0.745. The highest BCUT2D eigenvalue weighted by Crippen LogP contribution is 2.50. The van der Waals surface area contributed by atoms with Crippen molar-refractivity contribution < 1.29 is 29.6 Å². The Morgan fingerprint density at radius 3 is 2.57 bits per heavy atom. The standard InChI is InChI=1S/C54H67N3O6S2/c1-3-4-5-7-36(26-35(2)58)16-21-54-22-17-39(32-54)33-64-65-34-41-30-44-40(29-45(41)53(55)56)8-6-9-48-43(19-24-57-48)51(62)31-46(44)47-27-38(11-14-49(47)60)20-25-63-52-28-37(12-15-50(52)61)10-13-42(59)18-23-54/h11-12,14-15,18-19,23-24,27-30,35-36,39,46,53,57-58,60-61H,3-5,7,9-10,13,16-17,20-22,25-26,31-34,55-56H2,1-2H3/b23-18-/t35-,36+,39-,46-,54+/m0/s1. The van der Waals surface area contributed by atoms with E-state index in [-0.39, 0.29) is 47.6 Å². The van der Waals surface area contributed by atoms with Crippen LogP contribution in [0.15, 0.2) is 72.9 Å². The molecule has 65 heavy (non-hydrogen) atoms. The van der Waals surface area contributed by atoms with Gasteiger partial charge in [0.15, 0.2) is 23.1 Å². The van der Waals surface area contributed by atoms with Gasteiger partial charge in [0.05, 0.1) is 25.3 Å². The molecule has 3 aromatic carbocycles.